The molecule has 138 valence electrons. The minimum Gasteiger partial charge on any atom is -0.351 e. The highest BCUT2D eigenvalue weighted by molar-refractivity contribution is 5.80. The van der Waals surface area contributed by atoms with Crippen LogP contribution in [0.15, 0.2) is 24.3 Å². The molecule has 1 aromatic rings. The molecule has 0 spiro atoms. The molecular formula is C19H25N5O2. The van der Waals surface area contributed by atoms with Gasteiger partial charge in [0.2, 0.25) is 5.91 Å². The Kier molecular flexibility index (Phi) is 5.74. The minimum absolute atomic E-state index is 0.132. The van der Waals surface area contributed by atoms with Crippen LogP contribution in [-0.4, -0.2) is 65.9 Å². The molecule has 7 nitrogen and oxygen atoms in total. The Morgan fingerprint density at radius 2 is 1.85 bits per heavy atom. The topological polar surface area (TPSA) is 93.7 Å². The smallest absolute Gasteiger partial charge is 0.314 e. The van der Waals surface area contributed by atoms with E-state index in [2.05, 4.69) is 11.0 Å². The standard InChI is InChI=1S/C19H25N5O2/c20-12-15-4-1-2-5-16(15)13-22-8-10-23(11-9-22)18(25)17-6-3-7-24(14-17)19(21)26/h1-2,4-5,17H,3,6-11,13-14H2,(H2,21,26). The van der Waals surface area contributed by atoms with Crippen molar-refractivity contribution in [2.24, 2.45) is 11.7 Å². The second kappa shape index (κ2) is 8.19. The zero-order valence-electron chi connectivity index (χ0n) is 14.9. The molecule has 0 aromatic heterocycles. The lowest BCUT2D eigenvalue weighted by Crippen LogP contribution is -2.53. The number of rotatable bonds is 3. The van der Waals surface area contributed by atoms with Crippen molar-refractivity contribution in [3.63, 3.8) is 0 Å². The molecule has 2 heterocycles. The average Bonchev–Trinajstić information content (AvgIpc) is 2.68. The number of amides is 3. The summed E-state index contributed by atoms with van der Waals surface area (Å²) < 4.78 is 0. The first-order valence-corrected chi connectivity index (χ1v) is 9.12. The Balaban J connectivity index is 1.52. The van der Waals surface area contributed by atoms with Crippen molar-refractivity contribution < 1.29 is 9.59 Å². The number of primary amides is 1. The van der Waals surface area contributed by atoms with Gasteiger partial charge in [-0.1, -0.05) is 18.2 Å². The van der Waals surface area contributed by atoms with Crippen molar-refractivity contribution in [2.75, 3.05) is 39.3 Å². The monoisotopic (exact) mass is 355 g/mol. The normalized spacial score (nSPS) is 21.3. The predicted molar refractivity (Wildman–Crippen MR) is 96.9 cm³/mol. The van der Waals surface area contributed by atoms with E-state index in [4.69, 9.17) is 5.73 Å². The van der Waals surface area contributed by atoms with Crippen LogP contribution in [0.25, 0.3) is 0 Å². The third kappa shape index (κ3) is 4.14. The number of nitriles is 1. The number of piperazine rings is 1. The number of hydrogen-bond acceptors (Lipinski definition) is 4. The third-order valence-corrected chi connectivity index (χ3v) is 5.30. The molecule has 26 heavy (non-hydrogen) atoms. The van der Waals surface area contributed by atoms with E-state index in [9.17, 15) is 14.9 Å². The van der Waals surface area contributed by atoms with Gasteiger partial charge in [0, 0.05) is 45.8 Å². The fraction of sp³-hybridized carbons (Fsp3) is 0.526. The van der Waals surface area contributed by atoms with E-state index in [1.165, 1.54) is 0 Å². The number of nitrogens with zero attached hydrogens (tertiary/aromatic N) is 4. The van der Waals surface area contributed by atoms with Crippen molar-refractivity contribution >= 4 is 11.9 Å². The van der Waals surface area contributed by atoms with Crippen LogP contribution < -0.4 is 5.73 Å². The van der Waals surface area contributed by atoms with E-state index in [1.807, 2.05) is 29.2 Å². The Morgan fingerprint density at radius 1 is 1.12 bits per heavy atom. The summed E-state index contributed by atoms with van der Waals surface area (Å²) in [5.74, 6) is -0.00450. The molecule has 1 aromatic carbocycles. The molecular weight excluding hydrogens is 330 g/mol. The predicted octanol–water partition coefficient (Wildman–Crippen LogP) is 0.993. The first-order chi connectivity index (χ1) is 12.6. The summed E-state index contributed by atoms with van der Waals surface area (Å²) in [5, 5.41) is 9.21. The van der Waals surface area contributed by atoms with E-state index in [0.29, 0.717) is 31.7 Å². The summed E-state index contributed by atoms with van der Waals surface area (Å²) >= 11 is 0. The van der Waals surface area contributed by atoms with Gasteiger partial charge in [-0.3, -0.25) is 9.69 Å². The first-order valence-electron chi connectivity index (χ1n) is 9.12. The molecule has 2 aliphatic rings. The molecule has 2 aliphatic heterocycles. The molecule has 0 aliphatic carbocycles. The zero-order chi connectivity index (χ0) is 18.5. The van der Waals surface area contributed by atoms with E-state index in [0.717, 1.165) is 38.0 Å². The third-order valence-electron chi connectivity index (χ3n) is 5.30. The van der Waals surface area contributed by atoms with Crippen LogP contribution in [0.5, 0.6) is 0 Å². The number of carbonyl (C=O) groups is 2. The van der Waals surface area contributed by atoms with Crippen molar-refractivity contribution in [2.45, 2.75) is 19.4 Å². The summed E-state index contributed by atoms with van der Waals surface area (Å²) in [6.07, 6.45) is 1.64. The van der Waals surface area contributed by atoms with Crippen LogP contribution in [0.3, 0.4) is 0 Å². The lowest BCUT2D eigenvalue weighted by atomic mass is 9.96. The van der Waals surface area contributed by atoms with Crippen LogP contribution >= 0.6 is 0 Å². The molecule has 0 radical (unpaired) electrons. The maximum absolute atomic E-state index is 12.8. The van der Waals surface area contributed by atoms with E-state index < -0.39 is 6.03 Å². The second-order valence-corrected chi connectivity index (χ2v) is 6.99. The summed E-state index contributed by atoms with van der Waals surface area (Å²) in [5.41, 5.74) is 7.09. The van der Waals surface area contributed by atoms with Gasteiger partial charge in [-0.05, 0) is 24.5 Å². The van der Waals surface area contributed by atoms with Gasteiger partial charge >= 0.3 is 6.03 Å². The molecule has 3 amide bonds. The quantitative estimate of drug-likeness (QED) is 0.875. The molecule has 0 saturated carbocycles. The van der Waals surface area contributed by atoms with Crippen molar-refractivity contribution in [1.82, 2.24) is 14.7 Å². The number of urea groups is 1. The number of piperidine rings is 1. The largest absolute Gasteiger partial charge is 0.351 e. The number of benzene rings is 1. The van der Waals surface area contributed by atoms with Crippen molar-refractivity contribution in [3.8, 4) is 6.07 Å². The fourth-order valence-corrected chi connectivity index (χ4v) is 3.77. The SMILES string of the molecule is N#Cc1ccccc1CN1CCN(C(=O)C2CCCN(C(N)=O)C2)CC1. The van der Waals surface area contributed by atoms with E-state index >= 15 is 0 Å². The fourth-order valence-electron chi connectivity index (χ4n) is 3.77. The molecule has 0 bridgehead atoms. The number of nitrogens with two attached hydrogens (primary N) is 1. The minimum atomic E-state index is -0.441. The molecule has 1 unspecified atom stereocenters. The maximum atomic E-state index is 12.8. The van der Waals surface area contributed by atoms with Crippen LogP contribution in [0.1, 0.15) is 24.0 Å². The van der Waals surface area contributed by atoms with E-state index in [-0.39, 0.29) is 11.8 Å². The Morgan fingerprint density at radius 3 is 2.54 bits per heavy atom. The van der Waals surface area contributed by atoms with Gasteiger partial charge in [0.05, 0.1) is 17.6 Å². The van der Waals surface area contributed by atoms with Gasteiger partial charge in [0.15, 0.2) is 0 Å². The Hall–Kier alpha value is -2.59. The summed E-state index contributed by atoms with van der Waals surface area (Å²) in [7, 11) is 0. The summed E-state index contributed by atoms with van der Waals surface area (Å²) in [6, 6.07) is 9.43. The number of likely N-dealkylation sites (tertiary alicyclic amines) is 1. The highest BCUT2D eigenvalue weighted by Crippen LogP contribution is 2.20. The van der Waals surface area contributed by atoms with Gasteiger partial charge in [-0.25, -0.2) is 4.79 Å². The lowest BCUT2D eigenvalue weighted by molar-refractivity contribution is -0.138. The van der Waals surface area contributed by atoms with Gasteiger partial charge in [0.1, 0.15) is 0 Å². The molecule has 2 fully saturated rings. The maximum Gasteiger partial charge on any atom is 0.314 e. The summed E-state index contributed by atoms with van der Waals surface area (Å²) in [6.45, 7) is 4.75. The lowest BCUT2D eigenvalue weighted by Gasteiger charge is -2.38. The van der Waals surface area contributed by atoms with Gasteiger partial charge in [-0.2, -0.15) is 5.26 Å². The number of carbonyl (C=O) groups excluding carboxylic acids is 2. The zero-order valence-corrected chi connectivity index (χ0v) is 14.9. The number of hydrogen-bond donors (Lipinski definition) is 1. The first kappa shape index (κ1) is 18.2. The highest BCUT2D eigenvalue weighted by Gasteiger charge is 2.32. The van der Waals surface area contributed by atoms with Crippen LogP contribution in [0, 0.1) is 17.2 Å². The Bertz CT molecular complexity index is 706. The Labute approximate surface area is 153 Å². The van der Waals surface area contributed by atoms with Crippen LogP contribution in [0.2, 0.25) is 0 Å². The second-order valence-electron chi connectivity index (χ2n) is 6.99. The van der Waals surface area contributed by atoms with E-state index in [1.54, 1.807) is 4.90 Å². The summed E-state index contributed by atoms with van der Waals surface area (Å²) in [4.78, 5) is 29.9. The van der Waals surface area contributed by atoms with Crippen molar-refractivity contribution in [1.29, 1.82) is 5.26 Å². The molecule has 2 saturated heterocycles. The molecule has 1 atom stereocenters. The molecule has 2 N–H and O–H groups in total. The van der Waals surface area contributed by atoms with Gasteiger partial charge < -0.3 is 15.5 Å². The van der Waals surface area contributed by atoms with Crippen LogP contribution in [-0.2, 0) is 11.3 Å². The molecule has 3 rings (SSSR count). The highest BCUT2D eigenvalue weighted by atomic mass is 16.2. The average molecular weight is 355 g/mol. The van der Waals surface area contributed by atoms with Gasteiger partial charge in [-0.15, -0.1) is 0 Å². The van der Waals surface area contributed by atoms with Crippen molar-refractivity contribution in [3.05, 3.63) is 35.4 Å². The molecule has 7 heteroatoms. The van der Waals surface area contributed by atoms with Crippen LogP contribution in [0.4, 0.5) is 4.79 Å². The van der Waals surface area contributed by atoms with Gasteiger partial charge in [0.25, 0.3) is 0 Å².